The van der Waals surface area contributed by atoms with E-state index in [4.69, 9.17) is 5.11 Å². The maximum Gasteiger partial charge on any atom is 0.328 e. The molecule has 4 rings (SSSR count). The number of anilines is 2. The summed E-state index contributed by atoms with van der Waals surface area (Å²) < 4.78 is 12.0. The summed E-state index contributed by atoms with van der Waals surface area (Å²) >= 11 is -0.873. The Morgan fingerprint density at radius 3 is 2.10 bits per heavy atom. The lowest BCUT2D eigenvalue weighted by Crippen LogP contribution is -2.39. The van der Waals surface area contributed by atoms with E-state index in [1.807, 2.05) is 43.3 Å². The Balaban J connectivity index is 1.58. The quantitative estimate of drug-likeness (QED) is 0.264. The zero-order valence-corrected chi connectivity index (χ0v) is 23.6. The third-order valence-corrected chi connectivity index (χ3v) is 8.78. The number of nitrogens with zero attached hydrogens (tertiary/aromatic N) is 2. The Labute approximate surface area is 234 Å². The van der Waals surface area contributed by atoms with E-state index in [9.17, 15) is 14.1 Å². The molecular formula is C32H36N2O4S. The number of carboxylic acid groups (broad SMARTS) is 1. The van der Waals surface area contributed by atoms with Crippen molar-refractivity contribution in [2.75, 3.05) is 30.2 Å². The van der Waals surface area contributed by atoms with Crippen LogP contribution in [-0.4, -0.2) is 47.1 Å². The number of hydrogen-bond donors (Lipinski definition) is 1. The van der Waals surface area contributed by atoms with Crippen molar-refractivity contribution in [3.8, 4) is 11.1 Å². The van der Waals surface area contributed by atoms with Crippen LogP contribution in [0.25, 0.3) is 17.2 Å². The van der Waals surface area contributed by atoms with Gasteiger partial charge in [-0.3, -0.25) is 4.79 Å². The van der Waals surface area contributed by atoms with Crippen molar-refractivity contribution < 1.29 is 19.2 Å². The van der Waals surface area contributed by atoms with E-state index in [1.54, 1.807) is 6.26 Å². The van der Waals surface area contributed by atoms with Gasteiger partial charge in [0.2, 0.25) is 5.91 Å². The topological polar surface area (TPSA) is 83.9 Å². The Morgan fingerprint density at radius 1 is 0.923 bits per heavy atom. The Hall–Kier alpha value is -3.55. The Morgan fingerprint density at radius 2 is 1.54 bits per heavy atom. The number of benzene rings is 3. The molecule has 0 saturated heterocycles. The second-order valence-corrected chi connectivity index (χ2v) is 12.0. The number of amides is 1. The number of carboxylic acids is 1. The molecule has 1 fully saturated rings. The van der Waals surface area contributed by atoms with Crippen LogP contribution in [0.4, 0.5) is 11.4 Å². The molecule has 3 aromatic rings. The molecule has 3 aromatic carbocycles. The first kappa shape index (κ1) is 28.5. The maximum atomic E-state index is 13.9. The number of carbonyl (C=O) groups is 2. The zero-order valence-electron chi connectivity index (χ0n) is 22.7. The van der Waals surface area contributed by atoms with E-state index in [0.29, 0.717) is 12.1 Å². The second kappa shape index (κ2) is 13.0. The van der Waals surface area contributed by atoms with Crippen molar-refractivity contribution in [3.05, 3.63) is 90.0 Å². The standard InChI is InChI=1S/C32H36N2O4S/c1-33(2)28-16-12-26(13-17-28)25-10-7-24(8-11-25)22-34(29-6-4-5-23(21-29)9-20-31(35)36)32(37)27-14-18-30(19-15-27)39(3)38/h4-13,16-17,20-21,27,30H,14-15,18-19,22H2,1-3H3,(H,35,36). The molecule has 1 atom stereocenters. The first-order valence-corrected chi connectivity index (χ1v) is 14.8. The largest absolute Gasteiger partial charge is 0.616 e. The molecule has 0 radical (unpaired) electrons. The second-order valence-electron chi connectivity index (χ2n) is 10.3. The predicted octanol–water partition coefficient (Wildman–Crippen LogP) is 5.99. The number of aliphatic carboxylic acids is 1. The SMILES string of the molecule is CN(C)c1ccc(-c2ccc(CN(C(=O)C3CCC([S+](C)[O-])CC3)c3cccc(C=CC(=O)O)c3)cc2)cc1. The van der Waals surface area contributed by atoms with Gasteiger partial charge in [-0.05, 0) is 78.3 Å². The first-order valence-electron chi connectivity index (χ1n) is 13.2. The number of carbonyl (C=O) groups excluding carboxylic acids is 1. The molecule has 1 N–H and O–H groups in total. The van der Waals surface area contributed by atoms with Gasteiger partial charge in [0.15, 0.2) is 0 Å². The fourth-order valence-corrected chi connectivity index (χ4v) is 6.00. The Kier molecular flexibility index (Phi) is 9.49. The normalized spacial score (nSPS) is 18.1. The minimum Gasteiger partial charge on any atom is -0.616 e. The molecule has 39 heavy (non-hydrogen) atoms. The van der Waals surface area contributed by atoms with Crippen LogP contribution in [0.5, 0.6) is 0 Å². The maximum absolute atomic E-state index is 13.9. The fourth-order valence-electron chi connectivity index (χ4n) is 5.06. The van der Waals surface area contributed by atoms with E-state index in [-0.39, 0.29) is 17.1 Å². The minimum atomic E-state index is -1.02. The first-order chi connectivity index (χ1) is 18.7. The number of rotatable bonds is 9. The molecular weight excluding hydrogens is 508 g/mol. The van der Waals surface area contributed by atoms with E-state index in [1.165, 1.54) is 6.08 Å². The highest BCUT2D eigenvalue weighted by Gasteiger charge is 2.33. The lowest BCUT2D eigenvalue weighted by Gasteiger charge is -2.32. The molecule has 1 aliphatic carbocycles. The summed E-state index contributed by atoms with van der Waals surface area (Å²) in [7, 11) is 4.04. The molecule has 1 saturated carbocycles. The molecule has 1 aliphatic rings. The van der Waals surface area contributed by atoms with Gasteiger partial charge in [0.05, 0.1) is 12.8 Å². The van der Waals surface area contributed by atoms with Crippen LogP contribution >= 0.6 is 0 Å². The molecule has 204 valence electrons. The molecule has 0 bridgehead atoms. The van der Waals surface area contributed by atoms with Crippen LogP contribution in [-0.2, 0) is 27.3 Å². The van der Waals surface area contributed by atoms with Crippen LogP contribution in [0.1, 0.15) is 36.8 Å². The third kappa shape index (κ3) is 7.52. The van der Waals surface area contributed by atoms with Crippen molar-refractivity contribution in [1.82, 2.24) is 0 Å². The van der Waals surface area contributed by atoms with Gasteiger partial charge in [0.1, 0.15) is 5.25 Å². The highest BCUT2D eigenvalue weighted by Crippen LogP contribution is 2.32. The van der Waals surface area contributed by atoms with Gasteiger partial charge in [-0.15, -0.1) is 0 Å². The number of hydrogen-bond acceptors (Lipinski definition) is 4. The molecule has 0 spiro atoms. The predicted molar refractivity (Wildman–Crippen MR) is 160 cm³/mol. The summed E-state index contributed by atoms with van der Waals surface area (Å²) in [4.78, 5) is 28.8. The van der Waals surface area contributed by atoms with Crippen molar-refractivity contribution in [1.29, 1.82) is 0 Å². The van der Waals surface area contributed by atoms with Gasteiger partial charge >= 0.3 is 5.97 Å². The van der Waals surface area contributed by atoms with E-state index >= 15 is 0 Å². The molecule has 1 amide bonds. The molecule has 1 unspecified atom stereocenters. The zero-order chi connectivity index (χ0) is 27.9. The van der Waals surface area contributed by atoms with Gasteiger partial charge in [-0.1, -0.05) is 59.7 Å². The van der Waals surface area contributed by atoms with Crippen LogP contribution in [0, 0.1) is 5.92 Å². The lowest BCUT2D eigenvalue weighted by molar-refractivity contribution is -0.131. The molecule has 0 aliphatic heterocycles. The molecule has 0 heterocycles. The summed E-state index contributed by atoms with van der Waals surface area (Å²) in [6.07, 6.45) is 7.40. The average molecular weight is 545 g/mol. The third-order valence-electron chi connectivity index (χ3n) is 7.37. The smallest absolute Gasteiger partial charge is 0.328 e. The van der Waals surface area contributed by atoms with E-state index in [2.05, 4.69) is 53.4 Å². The van der Waals surface area contributed by atoms with Crippen molar-refractivity contribution in [2.24, 2.45) is 5.92 Å². The summed E-state index contributed by atoms with van der Waals surface area (Å²) in [5.74, 6) is -1.09. The van der Waals surface area contributed by atoms with Gasteiger partial charge < -0.3 is 19.5 Å². The minimum absolute atomic E-state index is 0.0538. The van der Waals surface area contributed by atoms with Gasteiger partial charge in [0, 0.05) is 37.5 Å². The molecule has 6 nitrogen and oxygen atoms in total. The van der Waals surface area contributed by atoms with Gasteiger partial charge in [0.25, 0.3) is 0 Å². The van der Waals surface area contributed by atoms with Crippen LogP contribution < -0.4 is 9.80 Å². The van der Waals surface area contributed by atoms with E-state index < -0.39 is 17.1 Å². The van der Waals surface area contributed by atoms with Crippen LogP contribution in [0.3, 0.4) is 0 Å². The summed E-state index contributed by atoms with van der Waals surface area (Å²) in [6.45, 7) is 0.407. The van der Waals surface area contributed by atoms with Crippen molar-refractivity contribution >= 4 is 40.5 Å². The highest BCUT2D eigenvalue weighted by molar-refractivity contribution is 7.91. The summed E-state index contributed by atoms with van der Waals surface area (Å²) in [5, 5.41) is 9.19. The lowest BCUT2D eigenvalue weighted by atomic mass is 9.87. The van der Waals surface area contributed by atoms with Crippen LogP contribution in [0.15, 0.2) is 78.9 Å². The summed E-state index contributed by atoms with van der Waals surface area (Å²) in [5.41, 5.74) is 5.83. The van der Waals surface area contributed by atoms with Gasteiger partial charge in [-0.2, -0.15) is 0 Å². The van der Waals surface area contributed by atoms with Crippen molar-refractivity contribution in [2.45, 2.75) is 37.5 Å². The highest BCUT2D eigenvalue weighted by atomic mass is 32.2. The van der Waals surface area contributed by atoms with Crippen LogP contribution in [0.2, 0.25) is 0 Å². The fraction of sp³-hybridized carbons (Fsp3) is 0.312. The monoisotopic (exact) mass is 544 g/mol. The Bertz CT molecular complexity index is 1290. The van der Waals surface area contributed by atoms with Crippen molar-refractivity contribution in [3.63, 3.8) is 0 Å². The summed E-state index contributed by atoms with van der Waals surface area (Å²) in [6, 6.07) is 24.1. The molecule has 7 heteroatoms. The van der Waals surface area contributed by atoms with Gasteiger partial charge in [-0.25, -0.2) is 4.79 Å². The molecule has 0 aromatic heterocycles. The average Bonchev–Trinajstić information content (AvgIpc) is 2.95. The van der Waals surface area contributed by atoms with E-state index in [0.717, 1.165) is 59.8 Å².